The summed E-state index contributed by atoms with van der Waals surface area (Å²) >= 11 is 14.8. The maximum Gasteiger partial charge on any atom is 0.133 e. The zero-order valence-corrected chi connectivity index (χ0v) is 11.4. The summed E-state index contributed by atoms with van der Waals surface area (Å²) in [6.45, 7) is 0.719. The van der Waals surface area contributed by atoms with Gasteiger partial charge < -0.3 is 4.74 Å². The van der Waals surface area contributed by atoms with Gasteiger partial charge in [0, 0.05) is 10.9 Å². The van der Waals surface area contributed by atoms with Crippen LogP contribution in [0.3, 0.4) is 0 Å². The fraction of sp³-hybridized carbons (Fsp3) is 0.455. The highest BCUT2D eigenvalue weighted by atomic mass is 79.9. The van der Waals surface area contributed by atoms with Crippen LogP contribution in [0.2, 0.25) is 5.02 Å². The molecule has 1 rings (SSSR count). The van der Waals surface area contributed by atoms with E-state index < -0.39 is 0 Å². The molecule has 0 amide bonds. The van der Waals surface area contributed by atoms with Gasteiger partial charge in [0.05, 0.1) is 11.1 Å². The lowest BCUT2D eigenvalue weighted by molar-refractivity contribution is 0.304. The Labute approximate surface area is 109 Å². The van der Waals surface area contributed by atoms with Gasteiger partial charge in [0.2, 0.25) is 0 Å². The standard InChI is InChI=1S/C11H13BrCl2O/c12-10-8-9(14)4-5-11(10)15-7-3-1-2-6-13/h4-5,8H,1-3,6-7H2. The number of hydrogen-bond acceptors (Lipinski definition) is 1. The van der Waals surface area contributed by atoms with Gasteiger partial charge in [-0.05, 0) is 53.4 Å². The maximum absolute atomic E-state index is 5.82. The number of unbranched alkanes of at least 4 members (excludes halogenated alkanes) is 2. The van der Waals surface area contributed by atoms with Crippen molar-refractivity contribution in [2.24, 2.45) is 0 Å². The number of benzene rings is 1. The molecule has 0 atom stereocenters. The summed E-state index contributed by atoms with van der Waals surface area (Å²) in [6, 6.07) is 5.52. The molecule has 0 fully saturated rings. The Hall–Kier alpha value is 0.0800. The van der Waals surface area contributed by atoms with Crippen molar-refractivity contribution >= 4 is 39.1 Å². The highest BCUT2D eigenvalue weighted by Gasteiger charge is 2.01. The molecule has 0 aliphatic rings. The van der Waals surface area contributed by atoms with Gasteiger partial charge in [-0.25, -0.2) is 0 Å². The average Bonchev–Trinajstić information content (AvgIpc) is 2.20. The minimum absolute atomic E-state index is 0.705. The van der Waals surface area contributed by atoms with Crippen LogP contribution in [0.25, 0.3) is 0 Å². The third-order valence-electron chi connectivity index (χ3n) is 1.93. The summed E-state index contributed by atoms with van der Waals surface area (Å²) in [5, 5.41) is 0.705. The van der Waals surface area contributed by atoms with Crippen molar-refractivity contribution in [2.75, 3.05) is 12.5 Å². The highest BCUT2D eigenvalue weighted by Crippen LogP contribution is 2.28. The third-order valence-corrected chi connectivity index (χ3v) is 3.05. The molecule has 0 spiro atoms. The fourth-order valence-corrected chi connectivity index (χ4v) is 2.13. The van der Waals surface area contributed by atoms with Gasteiger partial charge >= 0.3 is 0 Å². The van der Waals surface area contributed by atoms with Gasteiger partial charge in [-0.2, -0.15) is 0 Å². The maximum atomic E-state index is 5.82. The number of halogens is 3. The van der Waals surface area contributed by atoms with E-state index in [-0.39, 0.29) is 0 Å². The molecule has 0 heterocycles. The lowest BCUT2D eigenvalue weighted by Crippen LogP contribution is -1.97. The second-order valence-electron chi connectivity index (χ2n) is 3.17. The minimum atomic E-state index is 0.705. The van der Waals surface area contributed by atoms with Crippen LogP contribution in [0.4, 0.5) is 0 Å². The minimum Gasteiger partial charge on any atom is -0.492 e. The summed E-state index contributed by atoms with van der Waals surface area (Å²) in [7, 11) is 0. The van der Waals surface area contributed by atoms with Crippen LogP contribution in [0.5, 0.6) is 5.75 Å². The van der Waals surface area contributed by atoms with Gasteiger partial charge in [0.15, 0.2) is 0 Å². The van der Waals surface area contributed by atoms with E-state index in [1.807, 2.05) is 18.2 Å². The smallest absolute Gasteiger partial charge is 0.133 e. The molecule has 0 aliphatic heterocycles. The van der Waals surface area contributed by atoms with E-state index in [1.165, 1.54) is 0 Å². The zero-order chi connectivity index (χ0) is 11.1. The Balaban J connectivity index is 2.31. The molecule has 0 saturated heterocycles. The number of hydrogen-bond donors (Lipinski definition) is 0. The molecule has 84 valence electrons. The molecule has 1 aromatic carbocycles. The summed E-state index contributed by atoms with van der Waals surface area (Å²) in [6.07, 6.45) is 3.18. The molecular formula is C11H13BrCl2O. The van der Waals surface area contributed by atoms with Gasteiger partial charge in [-0.1, -0.05) is 11.6 Å². The van der Waals surface area contributed by atoms with Crippen LogP contribution in [0, 0.1) is 0 Å². The lowest BCUT2D eigenvalue weighted by Gasteiger charge is -2.07. The van der Waals surface area contributed by atoms with Crippen molar-refractivity contribution in [3.05, 3.63) is 27.7 Å². The van der Waals surface area contributed by atoms with Gasteiger partial charge in [0.1, 0.15) is 5.75 Å². The van der Waals surface area contributed by atoms with Crippen LogP contribution >= 0.6 is 39.1 Å². The van der Waals surface area contributed by atoms with Gasteiger partial charge in [-0.3, -0.25) is 0 Å². The molecule has 1 aromatic rings. The van der Waals surface area contributed by atoms with Crippen molar-refractivity contribution in [3.63, 3.8) is 0 Å². The highest BCUT2D eigenvalue weighted by molar-refractivity contribution is 9.10. The topological polar surface area (TPSA) is 9.23 Å². The first-order chi connectivity index (χ1) is 7.24. The molecule has 0 saturated carbocycles. The van der Waals surface area contributed by atoms with Crippen LogP contribution in [0.15, 0.2) is 22.7 Å². The molecule has 15 heavy (non-hydrogen) atoms. The third kappa shape index (κ3) is 5.10. The second-order valence-corrected chi connectivity index (χ2v) is 4.84. The van der Waals surface area contributed by atoms with E-state index in [4.69, 9.17) is 27.9 Å². The predicted octanol–water partition coefficient (Wildman–Crippen LogP) is 4.89. The second kappa shape index (κ2) is 7.37. The summed E-state index contributed by atoms with van der Waals surface area (Å²) < 4.78 is 6.49. The first-order valence-corrected chi connectivity index (χ1v) is 6.58. The molecule has 1 nitrogen and oxygen atoms in total. The Bertz CT molecular complexity index is 305. The van der Waals surface area contributed by atoms with E-state index in [0.29, 0.717) is 5.02 Å². The largest absolute Gasteiger partial charge is 0.492 e. The van der Waals surface area contributed by atoms with Crippen LogP contribution in [-0.4, -0.2) is 12.5 Å². The first-order valence-electron chi connectivity index (χ1n) is 4.88. The Morgan fingerprint density at radius 3 is 2.67 bits per heavy atom. The Morgan fingerprint density at radius 1 is 1.20 bits per heavy atom. The van der Waals surface area contributed by atoms with Crippen molar-refractivity contribution in [2.45, 2.75) is 19.3 Å². The molecule has 0 N–H and O–H groups in total. The van der Waals surface area contributed by atoms with E-state index in [1.54, 1.807) is 0 Å². The van der Waals surface area contributed by atoms with Crippen LogP contribution in [-0.2, 0) is 0 Å². The van der Waals surface area contributed by atoms with Crippen molar-refractivity contribution in [1.82, 2.24) is 0 Å². The fourth-order valence-electron chi connectivity index (χ4n) is 1.15. The van der Waals surface area contributed by atoms with E-state index >= 15 is 0 Å². The lowest BCUT2D eigenvalue weighted by atomic mass is 10.3. The average molecular weight is 312 g/mol. The summed E-state index contributed by atoms with van der Waals surface area (Å²) in [4.78, 5) is 0. The van der Waals surface area contributed by atoms with Gasteiger partial charge in [0.25, 0.3) is 0 Å². The van der Waals surface area contributed by atoms with E-state index in [9.17, 15) is 0 Å². The molecule has 0 unspecified atom stereocenters. The van der Waals surface area contributed by atoms with Crippen molar-refractivity contribution in [3.8, 4) is 5.75 Å². The molecule has 0 aromatic heterocycles. The van der Waals surface area contributed by atoms with Gasteiger partial charge in [-0.15, -0.1) is 11.6 Å². The van der Waals surface area contributed by atoms with Crippen LogP contribution < -0.4 is 4.74 Å². The first kappa shape index (κ1) is 13.1. The summed E-state index contributed by atoms with van der Waals surface area (Å²) in [5.74, 6) is 1.57. The van der Waals surface area contributed by atoms with Crippen molar-refractivity contribution in [1.29, 1.82) is 0 Å². The van der Waals surface area contributed by atoms with E-state index in [0.717, 1.165) is 42.0 Å². The molecule has 4 heteroatoms. The van der Waals surface area contributed by atoms with Crippen molar-refractivity contribution < 1.29 is 4.74 Å². The number of alkyl halides is 1. The zero-order valence-electron chi connectivity index (χ0n) is 8.31. The van der Waals surface area contributed by atoms with Crippen LogP contribution in [0.1, 0.15) is 19.3 Å². The molecular weight excluding hydrogens is 299 g/mol. The monoisotopic (exact) mass is 310 g/mol. The normalized spacial score (nSPS) is 10.3. The Kier molecular flexibility index (Phi) is 6.46. The SMILES string of the molecule is ClCCCCCOc1ccc(Cl)cc1Br. The molecule has 0 bridgehead atoms. The molecule has 0 aliphatic carbocycles. The summed E-state index contributed by atoms with van der Waals surface area (Å²) in [5.41, 5.74) is 0. The van der Waals surface area contributed by atoms with E-state index in [2.05, 4.69) is 15.9 Å². The number of ether oxygens (including phenoxy) is 1. The Morgan fingerprint density at radius 2 is 2.00 bits per heavy atom. The predicted molar refractivity (Wildman–Crippen MR) is 69.2 cm³/mol. The quantitative estimate of drug-likeness (QED) is 0.537. The number of rotatable bonds is 6. The molecule has 0 radical (unpaired) electrons.